The van der Waals surface area contributed by atoms with Crippen molar-refractivity contribution in [1.82, 2.24) is 4.31 Å². The van der Waals surface area contributed by atoms with Crippen molar-refractivity contribution in [1.29, 1.82) is 0 Å². The van der Waals surface area contributed by atoms with Crippen molar-refractivity contribution in [3.63, 3.8) is 0 Å². The Morgan fingerprint density at radius 1 is 1.53 bits per heavy atom. The van der Waals surface area contributed by atoms with Crippen LogP contribution in [0, 0.1) is 6.92 Å². The summed E-state index contributed by atoms with van der Waals surface area (Å²) in [4.78, 5) is 1.14. The van der Waals surface area contributed by atoms with Gasteiger partial charge in [0.2, 0.25) is 10.0 Å². The van der Waals surface area contributed by atoms with Gasteiger partial charge in [0, 0.05) is 30.3 Å². The number of nitrogens with zero attached hydrogens (tertiary/aromatic N) is 1. The second kappa shape index (κ2) is 7.08. The molecule has 1 heterocycles. The zero-order chi connectivity index (χ0) is 14.6. The maximum Gasteiger partial charge on any atom is 0.244 e. The molecule has 0 aliphatic carbocycles. The molecule has 7 heteroatoms. The summed E-state index contributed by atoms with van der Waals surface area (Å²) in [5, 5.41) is 1.86. The van der Waals surface area contributed by atoms with E-state index in [0.29, 0.717) is 4.90 Å². The molecule has 1 aromatic rings. The van der Waals surface area contributed by atoms with E-state index in [4.69, 9.17) is 5.73 Å². The Balaban J connectivity index is 3.19. The summed E-state index contributed by atoms with van der Waals surface area (Å²) in [5.74, 6) is 0.799. The molecule has 0 fully saturated rings. The van der Waals surface area contributed by atoms with Gasteiger partial charge in [0.25, 0.3) is 0 Å². The molecule has 2 N–H and O–H groups in total. The SMILES string of the molecule is CCC(CSC)N(C)S(=O)(=O)c1c(C)csc1CN. The van der Waals surface area contributed by atoms with E-state index in [1.807, 2.05) is 25.5 Å². The number of hydrogen-bond acceptors (Lipinski definition) is 5. The van der Waals surface area contributed by atoms with Crippen molar-refractivity contribution in [3.05, 3.63) is 15.8 Å². The summed E-state index contributed by atoms with van der Waals surface area (Å²) in [5.41, 5.74) is 6.44. The summed E-state index contributed by atoms with van der Waals surface area (Å²) in [6.45, 7) is 4.10. The maximum atomic E-state index is 12.7. The van der Waals surface area contributed by atoms with Crippen molar-refractivity contribution < 1.29 is 8.42 Å². The molecule has 4 nitrogen and oxygen atoms in total. The van der Waals surface area contributed by atoms with E-state index < -0.39 is 10.0 Å². The van der Waals surface area contributed by atoms with Crippen molar-refractivity contribution in [2.75, 3.05) is 19.1 Å². The Hall–Kier alpha value is -0.0800. The van der Waals surface area contributed by atoms with Crippen molar-refractivity contribution in [2.45, 2.75) is 37.8 Å². The van der Waals surface area contributed by atoms with Crippen LogP contribution >= 0.6 is 23.1 Å². The Labute approximate surface area is 124 Å². The van der Waals surface area contributed by atoms with Gasteiger partial charge in [0.15, 0.2) is 0 Å². The quantitative estimate of drug-likeness (QED) is 0.836. The number of thioether (sulfide) groups is 1. The molecule has 1 aromatic heterocycles. The highest BCUT2D eigenvalue weighted by atomic mass is 32.2. The van der Waals surface area contributed by atoms with Gasteiger partial charge in [-0.05, 0) is 30.5 Å². The fraction of sp³-hybridized carbons (Fsp3) is 0.667. The standard InChI is InChI=1S/C12H22N2O2S3/c1-5-10(8-17-4)14(3)19(15,16)12-9(2)7-18-11(12)6-13/h7,10H,5-6,8,13H2,1-4H3. The van der Waals surface area contributed by atoms with Crippen molar-refractivity contribution in [2.24, 2.45) is 5.73 Å². The Bertz CT molecular complexity index is 511. The molecule has 0 amide bonds. The van der Waals surface area contributed by atoms with E-state index in [1.165, 1.54) is 15.6 Å². The third kappa shape index (κ3) is 3.52. The van der Waals surface area contributed by atoms with Crippen molar-refractivity contribution >= 4 is 33.1 Å². The molecule has 1 rings (SSSR count). The monoisotopic (exact) mass is 322 g/mol. The molecule has 1 atom stereocenters. The van der Waals surface area contributed by atoms with Gasteiger partial charge in [-0.1, -0.05) is 6.92 Å². The molecule has 1 unspecified atom stereocenters. The van der Waals surface area contributed by atoms with Gasteiger partial charge >= 0.3 is 0 Å². The van der Waals surface area contributed by atoms with Crippen LogP contribution in [0.4, 0.5) is 0 Å². The van der Waals surface area contributed by atoms with Crippen LogP contribution in [-0.4, -0.2) is 37.8 Å². The highest BCUT2D eigenvalue weighted by Gasteiger charge is 2.30. The van der Waals surface area contributed by atoms with Gasteiger partial charge in [-0.25, -0.2) is 8.42 Å². The van der Waals surface area contributed by atoms with Crippen LogP contribution in [0.5, 0.6) is 0 Å². The molecular formula is C12H22N2O2S3. The van der Waals surface area contributed by atoms with Gasteiger partial charge in [-0.15, -0.1) is 11.3 Å². The van der Waals surface area contributed by atoms with Gasteiger partial charge in [0.1, 0.15) is 4.90 Å². The summed E-state index contributed by atoms with van der Waals surface area (Å²) in [6, 6.07) is 0.0184. The predicted molar refractivity (Wildman–Crippen MR) is 84.4 cm³/mol. The van der Waals surface area contributed by atoms with Crippen LogP contribution in [0.2, 0.25) is 0 Å². The smallest absolute Gasteiger partial charge is 0.244 e. The van der Waals surface area contributed by atoms with E-state index in [2.05, 4.69) is 0 Å². The first-order valence-electron chi connectivity index (χ1n) is 6.14. The largest absolute Gasteiger partial charge is 0.326 e. The van der Waals surface area contributed by atoms with Gasteiger partial charge < -0.3 is 5.73 Å². The molecule has 0 aromatic carbocycles. The third-order valence-corrected chi connectivity index (χ3v) is 7.27. The average Bonchev–Trinajstić information content (AvgIpc) is 2.76. The van der Waals surface area contributed by atoms with Gasteiger partial charge in [-0.2, -0.15) is 16.1 Å². The van der Waals surface area contributed by atoms with E-state index >= 15 is 0 Å². The van der Waals surface area contributed by atoms with Crippen LogP contribution in [0.1, 0.15) is 23.8 Å². The van der Waals surface area contributed by atoms with Crippen LogP contribution in [0.25, 0.3) is 0 Å². The lowest BCUT2D eigenvalue weighted by atomic mass is 10.3. The minimum atomic E-state index is -3.45. The number of rotatable bonds is 7. The predicted octanol–water partition coefficient (Wildman–Crippen LogP) is 2.28. The fourth-order valence-corrected chi connectivity index (χ4v) is 6.00. The first-order valence-corrected chi connectivity index (χ1v) is 9.85. The van der Waals surface area contributed by atoms with Crippen LogP contribution < -0.4 is 5.73 Å². The molecule has 0 saturated heterocycles. The summed E-state index contributed by atoms with van der Waals surface area (Å²) in [7, 11) is -1.79. The lowest BCUT2D eigenvalue weighted by molar-refractivity contribution is 0.385. The van der Waals surface area contributed by atoms with Crippen LogP contribution in [0.15, 0.2) is 10.3 Å². The van der Waals surface area contributed by atoms with E-state index in [9.17, 15) is 8.42 Å². The van der Waals surface area contributed by atoms with Crippen LogP contribution in [-0.2, 0) is 16.6 Å². The molecule has 0 radical (unpaired) electrons. The maximum absolute atomic E-state index is 12.7. The second-order valence-electron chi connectivity index (χ2n) is 4.41. The normalized spacial score (nSPS) is 14.0. The Morgan fingerprint density at radius 2 is 2.16 bits per heavy atom. The number of sulfonamides is 1. The highest BCUT2D eigenvalue weighted by Crippen LogP contribution is 2.30. The number of nitrogens with two attached hydrogens (primary N) is 1. The highest BCUT2D eigenvalue weighted by molar-refractivity contribution is 7.98. The van der Waals surface area contributed by atoms with E-state index in [-0.39, 0.29) is 12.6 Å². The zero-order valence-electron chi connectivity index (χ0n) is 11.8. The average molecular weight is 323 g/mol. The summed E-state index contributed by atoms with van der Waals surface area (Å²) in [6.07, 6.45) is 2.79. The number of aryl methyl sites for hydroxylation is 1. The van der Waals surface area contributed by atoms with Crippen molar-refractivity contribution in [3.8, 4) is 0 Å². The van der Waals surface area contributed by atoms with E-state index in [0.717, 1.165) is 22.6 Å². The summed E-state index contributed by atoms with van der Waals surface area (Å²) < 4.78 is 27.0. The molecule has 110 valence electrons. The van der Waals surface area contributed by atoms with E-state index in [1.54, 1.807) is 18.8 Å². The first kappa shape index (κ1) is 17.0. The fourth-order valence-electron chi connectivity index (χ4n) is 1.99. The lowest BCUT2D eigenvalue weighted by Crippen LogP contribution is -2.38. The zero-order valence-corrected chi connectivity index (χ0v) is 14.3. The minimum Gasteiger partial charge on any atom is -0.326 e. The van der Waals surface area contributed by atoms with Crippen LogP contribution in [0.3, 0.4) is 0 Å². The van der Waals surface area contributed by atoms with Gasteiger partial charge in [-0.3, -0.25) is 0 Å². The number of thiophene rings is 1. The molecule has 0 aliphatic rings. The minimum absolute atomic E-state index is 0.0184. The molecule has 19 heavy (non-hydrogen) atoms. The molecular weight excluding hydrogens is 300 g/mol. The van der Waals surface area contributed by atoms with Gasteiger partial charge in [0.05, 0.1) is 0 Å². The lowest BCUT2D eigenvalue weighted by Gasteiger charge is -2.26. The Kier molecular flexibility index (Phi) is 6.32. The number of hydrogen-bond donors (Lipinski definition) is 1. The summed E-state index contributed by atoms with van der Waals surface area (Å²) >= 11 is 3.08. The molecule has 0 bridgehead atoms. The molecule has 0 spiro atoms. The Morgan fingerprint density at radius 3 is 2.63 bits per heavy atom. The molecule has 0 aliphatic heterocycles. The second-order valence-corrected chi connectivity index (χ2v) is 8.22. The topological polar surface area (TPSA) is 63.4 Å². The molecule has 0 saturated carbocycles. The first-order chi connectivity index (χ1) is 8.89. The third-order valence-electron chi connectivity index (χ3n) is 3.16.